The van der Waals surface area contributed by atoms with Crippen LogP contribution in [0.15, 0.2) is 18.2 Å². The van der Waals surface area contributed by atoms with Crippen molar-refractivity contribution in [1.82, 2.24) is 4.90 Å². The van der Waals surface area contributed by atoms with Crippen LogP contribution < -0.4 is 4.74 Å². The third-order valence-electron chi connectivity index (χ3n) is 5.09. The summed E-state index contributed by atoms with van der Waals surface area (Å²) in [5.41, 5.74) is 0.585. The highest BCUT2D eigenvalue weighted by atomic mass is 19.1. The molecule has 110 valence electrons. The van der Waals surface area contributed by atoms with E-state index in [1.165, 1.54) is 25.0 Å². The first kappa shape index (κ1) is 13.8. The van der Waals surface area contributed by atoms with Crippen LogP contribution in [0.4, 0.5) is 4.39 Å². The van der Waals surface area contributed by atoms with Crippen LogP contribution in [-0.4, -0.2) is 36.2 Å². The topological polar surface area (TPSA) is 32.7 Å². The summed E-state index contributed by atoms with van der Waals surface area (Å²) in [6.45, 7) is 0. The highest BCUT2D eigenvalue weighted by molar-refractivity contribution is 5.36. The molecule has 3 atom stereocenters. The van der Waals surface area contributed by atoms with E-state index in [-0.39, 0.29) is 11.7 Å². The van der Waals surface area contributed by atoms with Crippen LogP contribution in [0.2, 0.25) is 0 Å². The van der Waals surface area contributed by atoms with Crippen molar-refractivity contribution in [3.8, 4) is 5.75 Å². The summed E-state index contributed by atoms with van der Waals surface area (Å²) in [5, 5.41) is 10.7. The van der Waals surface area contributed by atoms with Crippen molar-refractivity contribution in [1.29, 1.82) is 0 Å². The van der Waals surface area contributed by atoms with Gasteiger partial charge in [-0.1, -0.05) is 0 Å². The minimum atomic E-state index is -0.641. The van der Waals surface area contributed by atoms with E-state index in [1.807, 2.05) is 0 Å². The van der Waals surface area contributed by atoms with Gasteiger partial charge in [-0.15, -0.1) is 0 Å². The average Bonchev–Trinajstić information content (AvgIpc) is 2.68. The Bertz CT molecular complexity index is 479. The normalized spacial score (nSPS) is 31.3. The van der Waals surface area contributed by atoms with E-state index in [4.69, 9.17) is 4.74 Å². The molecule has 0 saturated carbocycles. The van der Waals surface area contributed by atoms with Gasteiger partial charge >= 0.3 is 0 Å². The van der Waals surface area contributed by atoms with Gasteiger partial charge in [0.05, 0.1) is 13.2 Å². The lowest BCUT2D eigenvalue weighted by atomic mass is 9.83. The molecule has 2 fully saturated rings. The second-order valence-corrected chi connectivity index (χ2v) is 6.11. The van der Waals surface area contributed by atoms with Crippen LogP contribution in [-0.2, 0) is 0 Å². The second-order valence-electron chi connectivity index (χ2n) is 6.11. The standard InChI is InChI=1S/C16H22FNO2/c1-18-12-4-5-13(18)8-10(7-12)16(19)14-9-11(17)3-6-15(14)20-2/h3,6,9-10,12-13,16,19H,4-5,7-8H2,1-2H3. The zero-order valence-electron chi connectivity index (χ0n) is 12.1. The van der Waals surface area contributed by atoms with Gasteiger partial charge in [-0.2, -0.15) is 0 Å². The van der Waals surface area contributed by atoms with E-state index in [1.54, 1.807) is 13.2 Å². The van der Waals surface area contributed by atoms with Gasteiger partial charge < -0.3 is 14.7 Å². The lowest BCUT2D eigenvalue weighted by molar-refractivity contribution is 0.0342. The molecular weight excluding hydrogens is 257 g/mol. The van der Waals surface area contributed by atoms with Crippen molar-refractivity contribution in [3.63, 3.8) is 0 Å². The van der Waals surface area contributed by atoms with Crippen molar-refractivity contribution >= 4 is 0 Å². The fourth-order valence-electron chi connectivity index (χ4n) is 3.90. The molecule has 4 heteroatoms. The molecular formula is C16H22FNO2. The van der Waals surface area contributed by atoms with Crippen molar-refractivity contribution in [3.05, 3.63) is 29.6 Å². The number of methoxy groups -OCH3 is 1. The summed E-state index contributed by atoms with van der Waals surface area (Å²) in [6, 6.07) is 5.50. The van der Waals surface area contributed by atoms with Gasteiger partial charge in [-0.25, -0.2) is 4.39 Å². The highest BCUT2D eigenvalue weighted by Crippen LogP contribution is 2.44. The number of aliphatic hydroxyl groups is 1. The van der Waals surface area contributed by atoms with Crippen molar-refractivity contribution in [2.24, 2.45) is 5.92 Å². The minimum absolute atomic E-state index is 0.194. The third-order valence-corrected chi connectivity index (χ3v) is 5.09. The fraction of sp³-hybridized carbons (Fsp3) is 0.625. The Labute approximate surface area is 119 Å². The lowest BCUT2D eigenvalue weighted by Gasteiger charge is -2.38. The molecule has 3 rings (SSSR count). The smallest absolute Gasteiger partial charge is 0.124 e. The predicted octanol–water partition coefficient (Wildman–Crippen LogP) is 2.74. The van der Waals surface area contributed by atoms with E-state index < -0.39 is 6.10 Å². The van der Waals surface area contributed by atoms with Crippen molar-refractivity contribution in [2.75, 3.05) is 14.2 Å². The Morgan fingerprint density at radius 2 is 1.95 bits per heavy atom. The van der Waals surface area contributed by atoms with Gasteiger partial charge in [0.25, 0.3) is 0 Å². The Balaban J connectivity index is 1.83. The van der Waals surface area contributed by atoms with E-state index in [2.05, 4.69) is 11.9 Å². The zero-order valence-corrected chi connectivity index (χ0v) is 12.1. The van der Waals surface area contributed by atoms with Crippen LogP contribution in [0.1, 0.15) is 37.4 Å². The quantitative estimate of drug-likeness (QED) is 0.923. The second kappa shape index (κ2) is 5.34. The summed E-state index contributed by atoms with van der Waals surface area (Å²) in [5.74, 6) is 0.445. The molecule has 2 saturated heterocycles. The summed E-state index contributed by atoms with van der Waals surface area (Å²) in [6.07, 6.45) is 3.74. The van der Waals surface area contributed by atoms with Crippen molar-refractivity contribution < 1.29 is 14.2 Å². The first-order valence-electron chi connectivity index (χ1n) is 7.33. The van der Waals surface area contributed by atoms with Crippen LogP contribution in [0.25, 0.3) is 0 Å². The number of halogens is 1. The Hall–Kier alpha value is -1.13. The molecule has 2 aliphatic heterocycles. The number of hydrogen-bond acceptors (Lipinski definition) is 3. The van der Waals surface area contributed by atoms with Crippen LogP contribution in [0.3, 0.4) is 0 Å². The SMILES string of the molecule is COc1ccc(F)cc1C(O)C1CC2CCC(C1)N2C. The zero-order chi connectivity index (χ0) is 14.3. The Kier molecular flexibility index (Phi) is 3.69. The number of ether oxygens (including phenoxy) is 1. The maximum absolute atomic E-state index is 13.5. The number of fused-ring (bicyclic) bond motifs is 2. The first-order valence-corrected chi connectivity index (χ1v) is 7.33. The molecule has 2 bridgehead atoms. The van der Waals surface area contributed by atoms with E-state index in [0.717, 1.165) is 12.8 Å². The Morgan fingerprint density at radius 1 is 1.30 bits per heavy atom. The largest absolute Gasteiger partial charge is 0.496 e. The number of aliphatic hydroxyl groups excluding tert-OH is 1. The molecule has 1 aromatic rings. The van der Waals surface area contributed by atoms with E-state index in [9.17, 15) is 9.50 Å². The van der Waals surface area contributed by atoms with Crippen molar-refractivity contribution in [2.45, 2.75) is 43.9 Å². The number of piperidine rings is 1. The van der Waals surface area contributed by atoms with Crippen LogP contribution in [0.5, 0.6) is 5.75 Å². The molecule has 0 aliphatic carbocycles. The fourth-order valence-corrected chi connectivity index (χ4v) is 3.90. The maximum Gasteiger partial charge on any atom is 0.124 e. The number of rotatable bonds is 3. The van der Waals surface area contributed by atoms with Gasteiger partial charge in [0, 0.05) is 17.6 Å². The van der Waals surface area contributed by atoms with Gasteiger partial charge in [-0.05, 0) is 56.8 Å². The minimum Gasteiger partial charge on any atom is -0.496 e. The maximum atomic E-state index is 13.5. The summed E-state index contributed by atoms with van der Waals surface area (Å²) >= 11 is 0. The lowest BCUT2D eigenvalue weighted by Crippen LogP contribution is -2.41. The van der Waals surface area contributed by atoms with Gasteiger partial charge in [0.2, 0.25) is 0 Å². The molecule has 1 aromatic carbocycles. The molecule has 0 amide bonds. The average molecular weight is 279 g/mol. The first-order chi connectivity index (χ1) is 9.60. The summed E-state index contributed by atoms with van der Waals surface area (Å²) < 4.78 is 18.7. The molecule has 0 spiro atoms. The molecule has 2 heterocycles. The summed E-state index contributed by atoms with van der Waals surface area (Å²) in [7, 11) is 3.73. The molecule has 1 N–H and O–H groups in total. The molecule has 20 heavy (non-hydrogen) atoms. The van der Waals surface area contributed by atoms with E-state index >= 15 is 0 Å². The third kappa shape index (κ3) is 2.31. The molecule has 2 aliphatic rings. The van der Waals surface area contributed by atoms with Crippen LogP contribution >= 0.6 is 0 Å². The highest BCUT2D eigenvalue weighted by Gasteiger charge is 2.41. The van der Waals surface area contributed by atoms with Gasteiger partial charge in [0.1, 0.15) is 11.6 Å². The molecule has 3 nitrogen and oxygen atoms in total. The number of hydrogen-bond donors (Lipinski definition) is 1. The molecule has 0 radical (unpaired) electrons. The Morgan fingerprint density at radius 3 is 2.55 bits per heavy atom. The summed E-state index contributed by atoms with van der Waals surface area (Å²) in [4.78, 5) is 2.44. The molecule has 0 aromatic heterocycles. The van der Waals surface area contributed by atoms with Gasteiger partial charge in [0.15, 0.2) is 0 Å². The number of benzene rings is 1. The predicted molar refractivity (Wildman–Crippen MR) is 75.2 cm³/mol. The number of nitrogens with zero attached hydrogens (tertiary/aromatic N) is 1. The molecule has 3 unspecified atom stereocenters. The van der Waals surface area contributed by atoms with Gasteiger partial charge in [-0.3, -0.25) is 0 Å². The van der Waals surface area contributed by atoms with E-state index in [0.29, 0.717) is 23.4 Å². The monoisotopic (exact) mass is 279 g/mol. The van der Waals surface area contributed by atoms with Crippen LogP contribution in [0, 0.1) is 11.7 Å².